The Morgan fingerprint density at radius 3 is 2.26 bits per heavy atom. The zero-order valence-electron chi connectivity index (χ0n) is 16.3. The SMILES string of the molecule is CC(C)(C)OC(=O)Nc1ncc(-c2cccc(I)c2)n1C(=O)OC(C)(C)C. The number of amides is 1. The van der Waals surface area contributed by atoms with E-state index in [-0.39, 0.29) is 5.95 Å². The first-order valence-corrected chi connectivity index (χ1v) is 9.51. The number of anilines is 1. The van der Waals surface area contributed by atoms with E-state index in [0.717, 1.165) is 9.13 Å². The van der Waals surface area contributed by atoms with Crippen LogP contribution in [0.2, 0.25) is 0 Å². The molecule has 1 amide bonds. The number of hydrogen-bond donors (Lipinski definition) is 1. The number of carbonyl (C=O) groups excluding carboxylic acids is 2. The number of imidazole rings is 1. The third kappa shape index (κ3) is 6.23. The second-order valence-electron chi connectivity index (χ2n) is 7.92. The fourth-order valence-corrected chi connectivity index (χ4v) is 2.72. The van der Waals surface area contributed by atoms with Crippen molar-refractivity contribution in [2.45, 2.75) is 52.7 Å². The summed E-state index contributed by atoms with van der Waals surface area (Å²) in [5.74, 6) is 0.0346. The molecule has 27 heavy (non-hydrogen) atoms. The van der Waals surface area contributed by atoms with Crippen molar-refractivity contribution < 1.29 is 19.1 Å². The largest absolute Gasteiger partial charge is 0.444 e. The Balaban J connectivity index is 2.45. The number of rotatable bonds is 2. The van der Waals surface area contributed by atoms with E-state index >= 15 is 0 Å². The molecule has 0 spiro atoms. The van der Waals surface area contributed by atoms with Gasteiger partial charge in [-0.3, -0.25) is 5.32 Å². The van der Waals surface area contributed by atoms with E-state index in [9.17, 15) is 9.59 Å². The molecule has 0 aliphatic heterocycles. The first-order valence-electron chi connectivity index (χ1n) is 8.43. The summed E-state index contributed by atoms with van der Waals surface area (Å²) >= 11 is 2.19. The second-order valence-corrected chi connectivity index (χ2v) is 9.17. The van der Waals surface area contributed by atoms with Crippen molar-refractivity contribution in [3.8, 4) is 11.3 Å². The molecule has 0 fully saturated rings. The van der Waals surface area contributed by atoms with Crippen LogP contribution in [0.5, 0.6) is 0 Å². The van der Waals surface area contributed by atoms with Gasteiger partial charge in [0.05, 0.1) is 11.9 Å². The summed E-state index contributed by atoms with van der Waals surface area (Å²) in [7, 11) is 0. The van der Waals surface area contributed by atoms with Gasteiger partial charge in [0.2, 0.25) is 5.95 Å². The number of benzene rings is 1. The van der Waals surface area contributed by atoms with Crippen LogP contribution < -0.4 is 5.32 Å². The minimum Gasteiger partial charge on any atom is -0.444 e. The van der Waals surface area contributed by atoms with Gasteiger partial charge in [0.1, 0.15) is 11.2 Å². The van der Waals surface area contributed by atoms with Gasteiger partial charge in [-0.1, -0.05) is 12.1 Å². The van der Waals surface area contributed by atoms with Gasteiger partial charge in [0.25, 0.3) is 0 Å². The zero-order chi connectivity index (χ0) is 20.4. The fraction of sp³-hybridized carbons (Fsp3) is 0.421. The first kappa shape index (κ1) is 21.2. The molecule has 0 aliphatic rings. The lowest BCUT2D eigenvalue weighted by molar-refractivity contribution is 0.0542. The van der Waals surface area contributed by atoms with Crippen LogP contribution >= 0.6 is 22.6 Å². The predicted molar refractivity (Wildman–Crippen MR) is 112 cm³/mol. The van der Waals surface area contributed by atoms with Crippen molar-refractivity contribution in [3.63, 3.8) is 0 Å². The molecular formula is C19H24IN3O4. The zero-order valence-corrected chi connectivity index (χ0v) is 18.4. The van der Waals surface area contributed by atoms with Crippen LogP contribution in [-0.4, -0.2) is 32.9 Å². The molecule has 0 bridgehead atoms. The van der Waals surface area contributed by atoms with Crippen molar-refractivity contribution >= 4 is 40.7 Å². The van der Waals surface area contributed by atoms with E-state index in [1.54, 1.807) is 41.5 Å². The average molecular weight is 485 g/mol. The van der Waals surface area contributed by atoms with Gasteiger partial charge < -0.3 is 9.47 Å². The van der Waals surface area contributed by atoms with Crippen LogP contribution in [0.1, 0.15) is 41.5 Å². The molecule has 8 heteroatoms. The molecule has 2 aromatic rings. The Hall–Kier alpha value is -2.10. The number of ether oxygens (including phenoxy) is 2. The van der Waals surface area contributed by atoms with Gasteiger partial charge in [0.15, 0.2) is 0 Å². The van der Waals surface area contributed by atoms with Gasteiger partial charge in [-0.25, -0.2) is 19.1 Å². The van der Waals surface area contributed by atoms with E-state index in [0.29, 0.717) is 5.69 Å². The maximum Gasteiger partial charge on any atom is 0.421 e. The maximum absolute atomic E-state index is 12.8. The van der Waals surface area contributed by atoms with Gasteiger partial charge >= 0.3 is 12.2 Å². The summed E-state index contributed by atoms with van der Waals surface area (Å²) in [5.41, 5.74) is -0.0926. The summed E-state index contributed by atoms with van der Waals surface area (Å²) in [6.45, 7) is 10.6. The van der Waals surface area contributed by atoms with Crippen molar-refractivity contribution in [3.05, 3.63) is 34.0 Å². The molecule has 0 saturated heterocycles. The lowest BCUT2D eigenvalue weighted by Crippen LogP contribution is -2.31. The minimum absolute atomic E-state index is 0.0346. The first-order chi connectivity index (χ1) is 12.4. The second kappa shape index (κ2) is 7.87. The highest BCUT2D eigenvalue weighted by molar-refractivity contribution is 14.1. The monoisotopic (exact) mass is 485 g/mol. The number of carbonyl (C=O) groups is 2. The van der Waals surface area contributed by atoms with Crippen LogP contribution in [0.4, 0.5) is 15.5 Å². The van der Waals surface area contributed by atoms with E-state index in [1.165, 1.54) is 10.8 Å². The molecule has 1 heterocycles. The highest BCUT2D eigenvalue weighted by Gasteiger charge is 2.26. The summed E-state index contributed by atoms with van der Waals surface area (Å²) in [4.78, 5) is 29.1. The minimum atomic E-state index is -0.702. The molecule has 146 valence electrons. The van der Waals surface area contributed by atoms with Crippen molar-refractivity contribution in [2.24, 2.45) is 0 Å². The molecule has 1 aromatic heterocycles. The maximum atomic E-state index is 12.8. The van der Waals surface area contributed by atoms with Crippen LogP contribution in [0.25, 0.3) is 11.3 Å². The molecule has 0 saturated carbocycles. The van der Waals surface area contributed by atoms with Crippen LogP contribution in [0.15, 0.2) is 30.5 Å². The van der Waals surface area contributed by atoms with Gasteiger partial charge in [0, 0.05) is 9.13 Å². The lowest BCUT2D eigenvalue weighted by Gasteiger charge is -2.22. The van der Waals surface area contributed by atoms with E-state index in [2.05, 4.69) is 32.9 Å². The average Bonchev–Trinajstić information content (AvgIpc) is 2.87. The Labute approximate surface area is 172 Å². The van der Waals surface area contributed by atoms with Gasteiger partial charge in [-0.05, 0) is 76.3 Å². The third-order valence-electron chi connectivity index (χ3n) is 3.07. The molecule has 0 atom stereocenters. The molecule has 1 N–H and O–H groups in total. The van der Waals surface area contributed by atoms with Gasteiger partial charge in [-0.15, -0.1) is 0 Å². The molecule has 1 aromatic carbocycles. The fourth-order valence-electron chi connectivity index (χ4n) is 2.18. The summed E-state index contributed by atoms with van der Waals surface area (Å²) < 4.78 is 13.0. The summed E-state index contributed by atoms with van der Waals surface area (Å²) in [5, 5.41) is 2.53. The van der Waals surface area contributed by atoms with Crippen LogP contribution in [0, 0.1) is 3.57 Å². The highest BCUT2D eigenvalue weighted by atomic mass is 127. The van der Waals surface area contributed by atoms with Crippen LogP contribution in [-0.2, 0) is 9.47 Å². The molecular weight excluding hydrogens is 461 g/mol. The number of aromatic nitrogens is 2. The number of nitrogens with one attached hydrogen (secondary N) is 1. The molecule has 7 nitrogen and oxygen atoms in total. The summed E-state index contributed by atoms with van der Waals surface area (Å²) in [6.07, 6.45) is 0.175. The Kier molecular flexibility index (Phi) is 6.18. The number of halogens is 1. The topological polar surface area (TPSA) is 82.5 Å². The Morgan fingerprint density at radius 2 is 1.70 bits per heavy atom. The normalized spacial score (nSPS) is 11.8. The highest BCUT2D eigenvalue weighted by Crippen LogP contribution is 2.26. The number of hydrogen-bond acceptors (Lipinski definition) is 5. The van der Waals surface area contributed by atoms with E-state index in [4.69, 9.17) is 9.47 Å². The lowest BCUT2D eigenvalue weighted by atomic mass is 10.2. The quantitative estimate of drug-likeness (QED) is 0.585. The van der Waals surface area contributed by atoms with E-state index < -0.39 is 23.4 Å². The van der Waals surface area contributed by atoms with Crippen LogP contribution in [0.3, 0.4) is 0 Å². The molecule has 2 rings (SSSR count). The number of nitrogens with zero attached hydrogens (tertiary/aromatic N) is 2. The Morgan fingerprint density at radius 1 is 1.07 bits per heavy atom. The summed E-state index contributed by atoms with van der Waals surface area (Å²) in [6, 6.07) is 7.59. The smallest absolute Gasteiger partial charge is 0.421 e. The third-order valence-corrected chi connectivity index (χ3v) is 3.74. The van der Waals surface area contributed by atoms with Gasteiger partial charge in [-0.2, -0.15) is 0 Å². The van der Waals surface area contributed by atoms with Crippen molar-refractivity contribution in [1.29, 1.82) is 0 Å². The van der Waals surface area contributed by atoms with Crippen molar-refractivity contribution in [1.82, 2.24) is 9.55 Å². The van der Waals surface area contributed by atoms with E-state index in [1.807, 2.05) is 24.3 Å². The predicted octanol–water partition coefficient (Wildman–Crippen LogP) is 5.28. The molecule has 0 radical (unpaired) electrons. The van der Waals surface area contributed by atoms with Crippen molar-refractivity contribution in [2.75, 3.05) is 5.32 Å². The Bertz CT molecular complexity index is 847. The molecule has 0 unspecified atom stereocenters. The standard InChI is InChI=1S/C19H24IN3O4/c1-18(2,3)26-16(24)22-15-21-11-14(12-8-7-9-13(20)10-12)23(15)17(25)27-19(4,5)6/h7-11H,1-6H3,(H,21,22,24). The molecule has 0 aliphatic carbocycles.